The standard InChI is InChI=1S/C20H20N2O3S/c1-24-10-11-25-17-9-5-8-16(12-17)20(23)21-13-19-22-18(14-26-19)15-6-3-2-4-7-15/h2-9,12,14H,10-11,13H2,1H3,(H,21,23). The first-order chi connectivity index (χ1) is 12.8. The fourth-order valence-electron chi connectivity index (χ4n) is 2.36. The van der Waals surface area contributed by atoms with Crippen LogP contribution in [0, 0.1) is 0 Å². The zero-order valence-electron chi connectivity index (χ0n) is 14.5. The van der Waals surface area contributed by atoms with Gasteiger partial charge in [0.15, 0.2) is 0 Å². The van der Waals surface area contributed by atoms with E-state index in [2.05, 4.69) is 10.3 Å². The third kappa shape index (κ3) is 4.91. The topological polar surface area (TPSA) is 60.5 Å². The van der Waals surface area contributed by atoms with Crippen molar-refractivity contribution in [2.45, 2.75) is 6.54 Å². The molecular formula is C20H20N2O3S. The molecule has 0 atom stereocenters. The van der Waals surface area contributed by atoms with E-state index in [0.29, 0.717) is 31.1 Å². The smallest absolute Gasteiger partial charge is 0.251 e. The number of carbonyl (C=O) groups is 1. The van der Waals surface area contributed by atoms with Crippen molar-refractivity contribution < 1.29 is 14.3 Å². The molecule has 6 heteroatoms. The summed E-state index contributed by atoms with van der Waals surface area (Å²) < 4.78 is 10.5. The van der Waals surface area contributed by atoms with Crippen LogP contribution in [0.2, 0.25) is 0 Å². The summed E-state index contributed by atoms with van der Waals surface area (Å²) in [4.78, 5) is 16.9. The van der Waals surface area contributed by atoms with Crippen molar-refractivity contribution in [1.29, 1.82) is 0 Å². The van der Waals surface area contributed by atoms with E-state index < -0.39 is 0 Å². The van der Waals surface area contributed by atoms with E-state index in [1.54, 1.807) is 25.3 Å². The van der Waals surface area contributed by atoms with Crippen molar-refractivity contribution in [3.63, 3.8) is 0 Å². The number of carbonyl (C=O) groups excluding carboxylic acids is 1. The Balaban J connectivity index is 1.57. The number of rotatable bonds is 8. The molecule has 0 unspecified atom stereocenters. The molecule has 1 aromatic heterocycles. The Bertz CT molecular complexity index is 849. The molecule has 3 aromatic rings. The van der Waals surface area contributed by atoms with Crippen LogP contribution in [0.5, 0.6) is 5.75 Å². The summed E-state index contributed by atoms with van der Waals surface area (Å²) in [6.45, 7) is 1.35. The summed E-state index contributed by atoms with van der Waals surface area (Å²) in [5.74, 6) is 0.494. The van der Waals surface area contributed by atoms with E-state index in [-0.39, 0.29) is 5.91 Å². The Morgan fingerprint density at radius 2 is 1.96 bits per heavy atom. The summed E-state index contributed by atoms with van der Waals surface area (Å²) in [6.07, 6.45) is 0. The molecule has 1 heterocycles. The fourth-order valence-corrected chi connectivity index (χ4v) is 3.10. The Hall–Kier alpha value is -2.70. The molecule has 26 heavy (non-hydrogen) atoms. The van der Waals surface area contributed by atoms with Gasteiger partial charge in [0.1, 0.15) is 17.4 Å². The number of nitrogens with zero attached hydrogens (tertiary/aromatic N) is 1. The van der Waals surface area contributed by atoms with E-state index in [4.69, 9.17) is 9.47 Å². The summed E-state index contributed by atoms with van der Waals surface area (Å²) in [6, 6.07) is 17.1. The van der Waals surface area contributed by atoms with Gasteiger partial charge in [-0.1, -0.05) is 36.4 Å². The molecule has 0 saturated carbocycles. The average molecular weight is 368 g/mol. The summed E-state index contributed by atoms with van der Waals surface area (Å²) in [5, 5.41) is 5.77. The van der Waals surface area contributed by atoms with Crippen molar-refractivity contribution in [3.8, 4) is 17.0 Å². The van der Waals surface area contributed by atoms with E-state index in [1.165, 1.54) is 11.3 Å². The number of benzene rings is 2. The van der Waals surface area contributed by atoms with Crippen LogP contribution in [0.4, 0.5) is 0 Å². The second-order valence-corrected chi connectivity index (χ2v) is 6.49. The normalized spacial score (nSPS) is 10.5. The number of ether oxygens (including phenoxy) is 2. The molecule has 2 aromatic carbocycles. The molecule has 0 radical (unpaired) electrons. The van der Waals surface area contributed by atoms with Gasteiger partial charge in [-0.2, -0.15) is 0 Å². The highest BCUT2D eigenvalue weighted by atomic mass is 32.1. The molecule has 0 aliphatic heterocycles. The van der Waals surface area contributed by atoms with Crippen LogP contribution in [0.15, 0.2) is 60.0 Å². The highest BCUT2D eigenvalue weighted by Crippen LogP contribution is 2.21. The van der Waals surface area contributed by atoms with Gasteiger partial charge in [-0.15, -0.1) is 11.3 Å². The van der Waals surface area contributed by atoms with Gasteiger partial charge < -0.3 is 14.8 Å². The van der Waals surface area contributed by atoms with Crippen LogP contribution in [0.3, 0.4) is 0 Å². The molecule has 0 bridgehead atoms. The molecule has 5 nitrogen and oxygen atoms in total. The highest BCUT2D eigenvalue weighted by molar-refractivity contribution is 7.09. The van der Waals surface area contributed by atoms with E-state index >= 15 is 0 Å². The third-order valence-corrected chi connectivity index (χ3v) is 4.52. The van der Waals surface area contributed by atoms with Crippen LogP contribution in [-0.4, -0.2) is 31.2 Å². The molecule has 0 aliphatic carbocycles. The van der Waals surface area contributed by atoms with Gasteiger partial charge in [-0.25, -0.2) is 4.98 Å². The number of hydrogen-bond acceptors (Lipinski definition) is 5. The third-order valence-electron chi connectivity index (χ3n) is 3.67. The van der Waals surface area contributed by atoms with Crippen molar-refractivity contribution in [1.82, 2.24) is 10.3 Å². The molecule has 3 rings (SSSR count). The lowest BCUT2D eigenvalue weighted by atomic mass is 10.2. The quantitative estimate of drug-likeness (QED) is 0.615. The number of amides is 1. The van der Waals surface area contributed by atoms with Crippen molar-refractivity contribution in [2.24, 2.45) is 0 Å². The first-order valence-corrected chi connectivity index (χ1v) is 9.14. The van der Waals surface area contributed by atoms with E-state index in [0.717, 1.165) is 16.3 Å². The molecule has 1 N–H and O–H groups in total. The van der Waals surface area contributed by atoms with Crippen molar-refractivity contribution >= 4 is 17.2 Å². The van der Waals surface area contributed by atoms with E-state index in [9.17, 15) is 4.79 Å². The minimum Gasteiger partial charge on any atom is -0.491 e. The maximum absolute atomic E-state index is 12.4. The molecular weight excluding hydrogens is 348 g/mol. The maximum atomic E-state index is 12.4. The summed E-state index contributed by atoms with van der Waals surface area (Å²) in [7, 11) is 1.62. The van der Waals surface area contributed by atoms with Crippen LogP contribution < -0.4 is 10.1 Å². The zero-order valence-corrected chi connectivity index (χ0v) is 15.3. The monoisotopic (exact) mass is 368 g/mol. The minimum atomic E-state index is -0.154. The van der Waals surface area contributed by atoms with Gasteiger partial charge in [-0.3, -0.25) is 4.79 Å². The molecule has 0 saturated heterocycles. The Labute approximate surface area is 156 Å². The first-order valence-electron chi connectivity index (χ1n) is 8.26. The van der Waals surface area contributed by atoms with Gasteiger partial charge in [0.05, 0.1) is 18.8 Å². The number of thiazole rings is 1. The first kappa shape index (κ1) is 18.1. The van der Waals surface area contributed by atoms with Gasteiger partial charge in [0.25, 0.3) is 5.91 Å². The minimum absolute atomic E-state index is 0.154. The molecule has 0 fully saturated rings. The second-order valence-electron chi connectivity index (χ2n) is 5.54. The molecule has 0 spiro atoms. The van der Waals surface area contributed by atoms with Gasteiger partial charge in [0.2, 0.25) is 0 Å². The molecule has 134 valence electrons. The van der Waals surface area contributed by atoms with E-state index in [1.807, 2.05) is 41.8 Å². The predicted octanol–water partition coefficient (Wildman–Crippen LogP) is 3.77. The van der Waals surface area contributed by atoms with Crippen molar-refractivity contribution in [3.05, 3.63) is 70.5 Å². The number of hydrogen-bond donors (Lipinski definition) is 1. The van der Waals surface area contributed by atoms with Gasteiger partial charge in [0, 0.05) is 23.6 Å². The largest absolute Gasteiger partial charge is 0.491 e. The molecule has 1 amide bonds. The Kier molecular flexibility index (Phi) is 6.35. The average Bonchev–Trinajstić information content (AvgIpc) is 3.16. The fraction of sp³-hybridized carbons (Fsp3) is 0.200. The van der Waals surface area contributed by atoms with Gasteiger partial charge >= 0.3 is 0 Å². The van der Waals surface area contributed by atoms with Crippen molar-refractivity contribution in [2.75, 3.05) is 20.3 Å². The second kappa shape index (κ2) is 9.12. The molecule has 0 aliphatic rings. The van der Waals surface area contributed by atoms with Crippen LogP contribution in [0.1, 0.15) is 15.4 Å². The SMILES string of the molecule is COCCOc1cccc(C(=O)NCc2nc(-c3ccccc3)cs2)c1. The highest BCUT2D eigenvalue weighted by Gasteiger charge is 2.09. The number of methoxy groups -OCH3 is 1. The lowest BCUT2D eigenvalue weighted by molar-refractivity contribution is 0.0950. The zero-order chi connectivity index (χ0) is 18.2. The lowest BCUT2D eigenvalue weighted by Gasteiger charge is -2.08. The lowest BCUT2D eigenvalue weighted by Crippen LogP contribution is -2.22. The van der Waals surface area contributed by atoms with Crippen LogP contribution in [-0.2, 0) is 11.3 Å². The maximum Gasteiger partial charge on any atom is 0.251 e. The van der Waals surface area contributed by atoms with Gasteiger partial charge in [-0.05, 0) is 18.2 Å². The van der Waals surface area contributed by atoms with Crippen LogP contribution in [0.25, 0.3) is 11.3 Å². The number of aromatic nitrogens is 1. The predicted molar refractivity (Wildman–Crippen MR) is 103 cm³/mol. The summed E-state index contributed by atoms with van der Waals surface area (Å²) in [5.41, 5.74) is 2.55. The van der Waals surface area contributed by atoms with Crippen LogP contribution >= 0.6 is 11.3 Å². The number of nitrogens with one attached hydrogen (secondary N) is 1. The summed E-state index contributed by atoms with van der Waals surface area (Å²) >= 11 is 1.53. The Morgan fingerprint density at radius 3 is 2.77 bits per heavy atom. The Morgan fingerprint density at radius 1 is 1.12 bits per heavy atom.